The van der Waals surface area contributed by atoms with Crippen LogP contribution in [-0.2, 0) is 6.54 Å². The van der Waals surface area contributed by atoms with Crippen LogP contribution in [0.15, 0.2) is 54.1 Å². The van der Waals surface area contributed by atoms with Crippen LogP contribution in [0.1, 0.15) is 24.0 Å². The van der Waals surface area contributed by atoms with Gasteiger partial charge < -0.3 is 15.6 Å². The molecular formula is C23H27FN4. The molecule has 0 aromatic heterocycles. The molecule has 4 rings (SSSR count). The Morgan fingerprint density at radius 2 is 1.86 bits per heavy atom. The van der Waals surface area contributed by atoms with Crippen LogP contribution in [0.5, 0.6) is 0 Å². The fourth-order valence-electron chi connectivity index (χ4n) is 4.07. The second-order valence-electron chi connectivity index (χ2n) is 7.70. The minimum atomic E-state index is -0.259. The van der Waals surface area contributed by atoms with Gasteiger partial charge in [-0.05, 0) is 49.7 Å². The topological polar surface area (TPSA) is 42.4 Å². The van der Waals surface area contributed by atoms with E-state index in [0.717, 1.165) is 29.9 Å². The van der Waals surface area contributed by atoms with Gasteiger partial charge in [-0.15, -0.1) is 0 Å². The van der Waals surface area contributed by atoms with Crippen LogP contribution in [0, 0.1) is 11.2 Å². The van der Waals surface area contributed by atoms with Crippen molar-refractivity contribution in [1.29, 1.82) is 5.41 Å². The molecule has 4 nitrogen and oxygen atoms in total. The Labute approximate surface area is 166 Å². The summed E-state index contributed by atoms with van der Waals surface area (Å²) in [5.74, 6) is -0.259. The summed E-state index contributed by atoms with van der Waals surface area (Å²) in [7, 11) is 1.99. The maximum Gasteiger partial charge on any atom is 0.132 e. The highest BCUT2D eigenvalue weighted by Crippen LogP contribution is 2.25. The van der Waals surface area contributed by atoms with Gasteiger partial charge in [0.25, 0.3) is 0 Å². The van der Waals surface area contributed by atoms with E-state index in [1.54, 1.807) is 12.1 Å². The molecular weight excluding hydrogens is 351 g/mol. The molecule has 2 heterocycles. The minimum absolute atomic E-state index is 0.259. The van der Waals surface area contributed by atoms with Gasteiger partial charge in [0.15, 0.2) is 0 Å². The summed E-state index contributed by atoms with van der Waals surface area (Å²) in [6, 6.07) is 15.4. The van der Waals surface area contributed by atoms with E-state index >= 15 is 0 Å². The lowest BCUT2D eigenvalue weighted by atomic mass is 10.0. The zero-order chi connectivity index (χ0) is 19.5. The molecule has 0 saturated carbocycles. The average molecular weight is 378 g/mol. The third kappa shape index (κ3) is 3.94. The van der Waals surface area contributed by atoms with Crippen LogP contribution in [0.4, 0.5) is 10.1 Å². The third-order valence-electron chi connectivity index (χ3n) is 5.52. The number of rotatable bonds is 5. The normalized spacial score (nSPS) is 19.4. The Balaban J connectivity index is 1.61. The number of halogens is 1. The lowest BCUT2D eigenvalue weighted by Crippen LogP contribution is -2.19. The van der Waals surface area contributed by atoms with Crippen molar-refractivity contribution in [2.24, 2.45) is 0 Å². The Morgan fingerprint density at radius 1 is 1.07 bits per heavy atom. The number of nitrogens with zero attached hydrogens (tertiary/aromatic N) is 2. The summed E-state index contributed by atoms with van der Waals surface area (Å²) >= 11 is 0. The molecule has 146 valence electrons. The number of anilines is 1. The molecule has 0 radical (unpaired) electrons. The van der Waals surface area contributed by atoms with Crippen molar-refractivity contribution in [1.82, 2.24) is 10.2 Å². The molecule has 0 amide bonds. The molecule has 2 aromatic carbocycles. The molecule has 2 N–H and O–H groups in total. The van der Waals surface area contributed by atoms with Gasteiger partial charge in [0.2, 0.25) is 0 Å². The highest BCUT2D eigenvalue weighted by atomic mass is 19.1. The van der Waals surface area contributed by atoms with Gasteiger partial charge in [-0.1, -0.05) is 24.3 Å². The highest BCUT2D eigenvalue weighted by Gasteiger charge is 2.24. The molecule has 2 saturated heterocycles. The Hall–Kier alpha value is -2.66. The fraction of sp³-hybridized carbons (Fsp3) is 0.348. The SMILES string of the molecule is CN1CC(=N)/C(=C(\NCc2cccc(N3CCCC3)c2)c2ccccc2F)C1. The molecule has 28 heavy (non-hydrogen) atoms. The van der Waals surface area contributed by atoms with Gasteiger partial charge in [-0.3, -0.25) is 4.90 Å². The Kier molecular flexibility index (Phi) is 5.44. The predicted molar refractivity (Wildman–Crippen MR) is 113 cm³/mol. The molecule has 0 spiro atoms. The van der Waals surface area contributed by atoms with E-state index in [-0.39, 0.29) is 5.82 Å². The predicted octanol–water partition coefficient (Wildman–Crippen LogP) is 3.89. The third-order valence-corrected chi connectivity index (χ3v) is 5.52. The van der Waals surface area contributed by atoms with Crippen LogP contribution < -0.4 is 10.2 Å². The number of hydrogen-bond donors (Lipinski definition) is 2. The molecule has 2 aliphatic rings. The van der Waals surface area contributed by atoms with Crippen LogP contribution in [0.2, 0.25) is 0 Å². The Morgan fingerprint density at radius 3 is 2.57 bits per heavy atom. The van der Waals surface area contributed by atoms with Crippen LogP contribution in [0.3, 0.4) is 0 Å². The highest BCUT2D eigenvalue weighted by molar-refractivity contribution is 6.07. The van der Waals surface area contributed by atoms with Crippen molar-refractivity contribution < 1.29 is 4.39 Å². The van der Waals surface area contributed by atoms with Crippen molar-refractivity contribution in [3.8, 4) is 0 Å². The number of nitrogens with one attached hydrogen (secondary N) is 2. The smallest absolute Gasteiger partial charge is 0.132 e. The second kappa shape index (κ2) is 8.15. The van der Waals surface area contributed by atoms with E-state index in [1.165, 1.54) is 24.6 Å². The van der Waals surface area contributed by atoms with Crippen molar-refractivity contribution in [2.75, 3.05) is 38.1 Å². The number of likely N-dealkylation sites (N-methyl/N-ethyl adjacent to an activating group) is 1. The summed E-state index contributed by atoms with van der Waals surface area (Å²) in [4.78, 5) is 4.50. The molecule has 0 bridgehead atoms. The van der Waals surface area contributed by atoms with Gasteiger partial charge in [0.1, 0.15) is 5.82 Å². The molecule has 0 unspecified atom stereocenters. The van der Waals surface area contributed by atoms with E-state index in [0.29, 0.717) is 30.9 Å². The number of benzene rings is 2. The van der Waals surface area contributed by atoms with Gasteiger partial charge in [0.05, 0.1) is 11.4 Å². The number of hydrogen-bond acceptors (Lipinski definition) is 4. The standard InChI is InChI=1S/C23H27FN4/c1-27-15-20(22(25)16-27)23(19-9-2-3-10-21(19)24)26-14-17-7-6-8-18(13-17)28-11-4-5-12-28/h2-3,6-10,13,25-26H,4-5,11-12,14-16H2,1H3/b23-20-,25-22?. The summed E-state index contributed by atoms with van der Waals surface area (Å²) in [6.45, 7) is 4.09. The van der Waals surface area contributed by atoms with Gasteiger partial charge in [-0.2, -0.15) is 0 Å². The van der Waals surface area contributed by atoms with Crippen LogP contribution in [-0.4, -0.2) is 43.8 Å². The fourth-order valence-corrected chi connectivity index (χ4v) is 4.07. The molecule has 2 fully saturated rings. The lowest BCUT2D eigenvalue weighted by Gasteiger charge is -2.19. The molecule has 5 heteroatoms. The van der Waals surface area contributed by atoms with Gasteiger partial charge in [-0.25, -0.2) is 4.39 Å². The van der Waals surface area contributed by atoms with E-state index in [2.05, 4.69) is 39.4 Å². The van der Waals surface area contributed by atoms with Crippen molar-refractivity contribution in [3.05, 3.63) is 71.0 Å². The van der Waals surface area contributed by atoms with Crippen molar-refractivity contribution >= 4 is 17.1 Å². The molecule has 0 aliphatic carbocycles. The van der Waals surface area contributed by atoms with Gasteiger partial charge >= 0.3 is 0 Å². The van der Waals surface area contributed by atoms with Crippen molar-refractivity contribution in [2.45, 2.75) is 19.4 Å². The quantitative estimate of drug-likeness (QED) is 0.829. The first-order chi connectivity index (χ1) is 13.6. The van der Waals surface area contributed by atoms with Gasteiger partial charge in [0, 0.05) is 49.5 Å². The maximum absolute atomic E-state index is 14.5. The van der Waals surface area contributed by atoms with E-state index in [1.807, 2.05) is 13.1 Å². The molecule has 2 aliphatic heterocycles. The Bertz CT molecular complexity index is 899. The first-order valence-electron chi connectivity index (χ1n) is 9.94. The van der Waals surface area contributed by atoms with Crippen molar-refractivity contribution in [3.63, 3.8) is 0 Å². The largest absolute Gasteiger partial charge is 0.380 e. The minimum Gasteiger partial charge on any atom is -0.380 e. The van der Waals surface area contributed by atoms with E-state index in [4.69, 9.17) is 5.41 Å². The zero-order valence-corrected chi connectivity index (χ0v) is 16.3. The van der Waals surface area contributed by atoms with Crippen LogP contribution >= 0.6 is 0 Å². The summed E-state index contributed by atoms with van der Waals surface area (Å²) in [5.41, 5.74) is 5.12. The first kappa shape index (κ1) is 18.7. The summed E-state index contributed by atoms with van der Waals surface area (Å²) in [6.07, 6.45) is 2.50. The maximum atomic E-state index is 14.5. The lowest BCUT2D eigenvalue weighted by molar-refractivity contribution is 0.444. The average Bonchev–Trinajstić information content (AvgIpc) is 3.34. The van der Waals surface area contributed by atoms with Crippen LogP contribution in [0.25, 0.3) is 5.70 Å². The monoisotopic (exact) mass is 378 g/mol. The summed E-state index contributed by atoms with van der Waals surface area (Å²) < 4.78 is 14.5. The summed E-state index contributed by atoms with van der Waals surface area (Å²) in [5, 5.41) is 11.8. The molecule has 2 aromatic rings. The first-order valence-corrected chi connectivity index (χ1v) is 9.94. The molecule has 0 atom stereocenters. The van der Waals surface area contributed by atoms with E-state index in [9.17, 15) is 4.39 Å². The van der Waals surface area contributed by atoms with E-state index < -0.39 is 0 Å². The number of likely N-dealkylation sites (tertiary alicyclic amines) is 1. The zero-order valence-electron chi connectivity index (χ0n) is 16.3. The second-order valence-corrected chi connectivity index (χ2v) is 7.70.